The molecule has 3 rings (SSSR count). The molecule has 94 valence electrons. The van der Waals surface area contributed by atoms with E-state index in [1.165, 1.54) is 0 Å². The average Bonchev–Trinajstić information content (AvgIpc) is 2.67. The Morgan fingerprint density at radius 2 is 2.22 bits per heavy atom. The van der Waals surface area contributed by atoms with Crippen LogP contribution in [0.25, 0.3) is 0 Å². The SMILES string of the molecule is O=C1COc2ccc(N3CC(Br)CC3=O)cc2N1. The minimum atomic E-state index is -0.175. The summed E-state index contributed by atoms with van der Waals surface area (Å²) in [6, 6.07) is 5.38. The summed E-state index contributed by atoms with van der Waals surface area (Å²) in [6.45, 7) is 0.685. The summed E-state index contributed by atoms with van der Waals surface area (Å²) in [5.41, 5.74) is 1.40. The van der Waals surface area contributed by atoms with Crippen molar-refractivity contribution in [1.29, 1.82) is 0 Å². The lowest BCUT2D eigenvalue weighted by Crippen LogP contribution is -2.27. The predicted molar refractivity (Wildman–Crippen MR) is 70.3 cm³/mol. The van der Waals surface area contributed by atoms with Gasteiger partial charge in [-0.15, -0.1) is 0 Å². The molecule has 2 aliphatic heterocycles. The zero-order valence-electron chi connectivity index (χ0n) is 9.48. The number of ether oxygens (including phenoxy) is 1. The van der Waals surface area contributed by atoms with Gasteiger partial charge < -0.3 is 15.0 Å². The van der Waals surface area contributed by atoms with Crippen LogP contribution >= 0.6 is 15.9 Å². The highest BCUT2D eigenvalue weighted by Gasteiger charge is 2.29. The summed E-state index contributed by atoms with van der Waals surface area (Å²) in [4.78, 5) is 24.9. The van der Waals surface area contributed by atoms with Gasteiger partial charge in [-0.25, -0.2) is 0 Å². The largest absolute Gasteiger partial charge is 0.482 e. The first kappa shape index (κ1) is 11.5. The number of hydrogen-bond acceptors (Lipinski definition) is 3. The van der Waals surface area contributed by atoms with E-state index in [9.17, 15) is 9.59 Å². The summed E-state index contributed by atoms with van der Waals surface area (Å²) in [5, 5.41) is 2.74. The monoisotopic (exact) mass is 310 g/mol. The second-order valence-corrected chi connectivity index (χ2v) is 5.62. The van der Waals surface area contributed by atoms with Gasteiger partial charge in [0.1, 0.15) is 5.75 Å². The molecule has 1 unspecified atom stereocenters. The third-order valence-electron chi connectivity index (χ3n) is 2.99. The number of nitrogens with zero attached hydrogens (tertiary/aromatic N) is 1. The van der Waals surface area contributed by atoms with E-state index >= 15 is 0 Å². The van der Waals surface area contributed by atoms with Gasteiger partial charge in [0, 0.05) is 23.5 Å². The molecule has 0 radical (unpaired) electrons. The summed E-state index contributed by atoms with van der Waals surface area (Å²) in [5.74, 6) is 0.547. The van der Waals surface area contributed by atoms with Gasteiger partial charge in [-0.1, -0.05) is 15.9 Å². The zero-order chi connectivity index (χ0) is 12.7. The van der Waals surface area contributed by atoms with Gasteiger partial charge in [0.15, 0.2) is 6.61 Å². The number of hydrogen-bond donors (Lipinski definition) is 1. The fourth-order valence-corrected chi connectivity index (χ4v) is 2.72. The lowest BCUT2D eigenvalue weighted by atomic mass is 10.2. The van der Waals surface area contributed by atoms with Crippen LogP contribution in [0.4, 0.5) is 11.4 Å². The van der Waals surface area contributed by atoms with Crippen molar-refractivity contribution in [2.45, 2.75) is 11.2 Å². The standard InChI is InChI=1S/C12H11BrN2O3/c13-7-3-12(17)15(5-7)8-1-2-10-9(4-8)14-11(16)6-18-10/h1-2,4,7H,3,5-6H2,(H,14,16). The minimum Gasteiger partial charge on any atom is -0.482 e. The van der Waals surface area contributed by atoms with Crippen LogP contribution in [-0.4, -0.2) is 29.8 Å². The third-order valence-corrected chi connectivity index (χ3v) is 3.60. The molecule has 1 N–H and O–H groups in total. The topological polar surface area (TPSA) is 58.6 Å². The van der Waals surface area contributed by atoms with Crippen molar-refractivity contribution in [3.63, 3.8) is 0 Å². The van der Waals surface area contributed by atoms with E-state index in [0.29, 0.717) is 24.4 Å². The zero-order valence-corrected chi connectivity index (χ0v) is 11.1. The van der Waals surface area contributed by atoms with Crippen molar-refractivity contribution < 1.29 is 14.3 Å². The fraction of sp³-hybridized carbons (Fsp3) is 0.333. The first-order valence-electron chi connectivity index (χ1n) is 5.64. The van der Waals surface area contributed by atoms with Crippen LogP contribution in [0.1, 0.15) is 6.42 Å². The van der Waals surface area contributed by atoms with E-state index in [2.05, 4.69) is 21.2 Å². The first-order chi connectivity index (χ1) is 8.63. The minimum absolute atomic E-state index is 0.0401. The molecule has 1 saturated heterocycles. The third kappa shape index (κ3) is 1.96. The molecule has 2 heterocycles. The first-order valence-corrected chi connectivity index (χ1v) is 6.56. The van der Waals surface area contributed by atoms with Crippen molar-refractivity contribution in [2.75, 3.05) is 23.4 Å². The highest BCUT2D eigenvalue weighted by molar-refractivity contribution is 9.09. The van der Waals surface area contributed by atoms with Gasteiger partial charge in [-0.05, 0) is 18.2 Å². The van der Waals surface area contributed by atoms with Gasteiger partial charge in [0.05, 0.1) is 5.69 Å². The molecule has 0 spiro atoms. The average molecular weight is 311 g/mol. The number of alkyl halides is 1. The van der Waals surface area contributed by atoms with Gasteiger partial charge in [0.2, 0.25) is 5.91 Å². The van der Waals surface area contributed by atoms with Crippen molar-refractivity contribution in [2.24, 2.45) is 0 Å². The molecular weight excluding hydrogens is 300 g/mol. The number of carbonyl (C=O) groups is 2. The Morgan fingerprint density at radius 1 is 1.39 bits per heavy atom. The van der Waals surface area contributed by atoms with Crippen LogP contribution in [0.15, 0.2) is 18.2 Å². The van der Waals surface area contributed by atoms with Crippen molar-refractivity contribution in [3.8, 4) is 5.75 Å². The highest BCUT2D eigenvalue weighted by atomic mass is 79.9. The molecule has 6 heteroatoms. The summed E-state index contributed by atoms with van der Waals surface area (Å²) in [6.07, 6.45) is 0.500. The Balaban J connectivity index is 1.92. The maximum atomic E-state index is 11.8. The van der Waals surface area contributed by atoms with E-state index in [0.717, 1.165) is 5.69 Å². The Kier molecular flexibility index (Phi) is 2.74. The number of rotatable bonds is 1. The maximum absolute atomic E-state index is 11.8. The Bertz CT molecular complexity index is 532. The number of amides is 2. The summed E-state index contributed by atoms with van der Waals surface area (Å²) < 4.78 is 5.28. The van der Waals surface area contributed by atoms with Gasteiger partial charge in [-0.2, -0.15) is 0 Å². The van der Waals surface area contributed by atoms with Gasteiger partial charge in [-0.3, -0.25) is 9.59 Å². The smallest absolute Gasteiger partial charge is 0.262 e. The van der Waals surface area contributed by atoms with E-state index < -0.39 is 0 Å². The molecule has 0 saturated carbocycles. The van der Waals surface area contributed by atoms with Crippen LogP contribution in [0.2, 0.25) is 0 Å². The van der Waals surface area contributed by atoms with E-state index in [1.54, 1.807) is 17.0 Å². The van der Waals surface area contributed by atoms with Gasteiger partial charge in [0.25, 0.3) is 5.91 Å². The van der Waals surface area contributed by atoms with Crippen LogP contribution in [0, 0.1) is 0 Å². The summed E-state index contributed by atoms with van der Waals surface area (Å²) in [7, 11) is 0. The second-order valence-electron chi connectivity index (χ2n) is 4.32. The number of benzene rings is 1. The summed E-state index contributed by atoms with van der Waals surface area (Å²) >= 11 is 3.44. The number of carbonyl (C=O) groups excluding carboxylic acids is 2. The molecule has 1 fully saturated rings. The number of nitrogens with one attached hydrogen (secondary N) is 1. The Labute approximate surface area is 112 Å². The number of fused-ring (bicyclic) bond motifs is 1. The van der Waals surface area contributed by atoms with Crippen molar-refractivity contribution in [3.05, 3.63) is 18.2 Å². The van der Waals surface area contributed by atoms with Crippen LogP contribution in [0.5, 0.6) is 5.75 Å². The molecular formula is C12H11BrN2O3. The van der Waals surface area contributed by atoms with E-state index in [-0.39, 0.29) is 23.2 Å². The number of halogens is 1. The lowest BCUT2D eigenvalue weighted by molar-refractivity contribution is -0.118. The van der Waals surface area contributed by atoms with E-state index in [4.69, 9.17) is 4.74 Å². The molecule has 18 heavy (non-hydrogen) atoms. The van der Waals surface area contributed by atoms with E-state index in [1.807, 2.05) is 6.07 Å². The molecule has 1 aromatic carbocycles. The molecule has 5 nitrogen and oxygen atoms in total. The van der Waals surface area contributed by atoms with Crippen molar-refractivity contribution >= 4 is 39.1 Å². The second kappa shape index (κ2) is 4.28. The molecule has 0 aromatic heterocycles. The van der Waals surface area contributed by atoms with Crippen molar-refractivity contribution in [1.82, 2.24) is 0 Å². The Hall–Kier alpha value is -1.56. The van der Waals surface area contributed by atoms with Crippen LogP contribution < -0.4 is 15.0 Å². The van der Waals surface area contributed by atoms with Crippen LogP contribution in [0.3, 0.4) is 0 Å². The fourth-order valence-electron chi connectivity index (χ4n) is 2.15. The molecule has 0 aliphatic carbocycles. The quantitative estimate of drug-likeness (QED) is 0.800. The maximum Gasteiger partial charge on any atom is 0.262 e. The number of anilines is 2. The lowest BCUT2D eigenvalue weighted by Gasteiger charge is -2.21. The highest BCUT2D eigenvalue weighted by Crippen LogP contribution is 2.34. The van der Waals surface area contributed by atoms with Crippen LogP contribution in [-0.2, 0) is 9.59 Å². The molecule has 2 amide bonds. The molecule has 2 aliphatic rings. The van der Waals surface area contributed by atoms with Gasteiger partial charge >= 0.3 is 0 Å². The normalized spacial score (nSPS) is 22.5. The molecule has 1 aromatic rings. The molecule has 1 atom stereocenters. The molecule has 0 bridgehead atoms. The Morgan fingerprint density at radius 3 is 2.94 bits per heavy atom. The predicted octanol–water partition coefficient (Wildman–Crippen LogP) is 1.52.